The van der Waals surface area contributed by atoms with E-state index in [0.717, 1.165) is 0 Å². The van der Waals surface area contributed by atoms with Crippen molar-refractivity contribution in [3.05, 3.63) is 0 Å². The van der Waals surface area contributed by atoms with Crippen molar-refractivity contribution in [3.8, 4) is 6.07 Å². The molecule has 0 saturated heterocycles. The zero-order valence-corrected chi connectivity index (χ0v) is 8.98. The second-order valence-electron chi connectivity index (χ2n) is 3.51. The Morgan fingerprint density at radius 3 is 2.33 bits per heavy atom. The summed E-state index contributed by atoms with van der Waals surface area (Å²) in [6.07, 6.45) is -1.65. The smallest absolute Gasteiger partial charge is 0.295 e. The first kappa shape index (κ1) is 14.2. The van der Waals surface area contributed by atoms with E-state index in [4.69, 9.17) is 5.26 Å². The molecule has 0 atom stereocenters. The average Bonchev–Trinajstić information content (AvgIpc) is 2.10. The Morgan fingerprint density at radius 1 is 1.20 bits per heavy atom. The summed E-state index contributed by atoms with van der Waals surface area (Å²) in [5.74, 6) is 0. The molecule has 0 N–H and O–H groups in total. The van der Waals surface area contributed by atoms with E-state index in [9.17, 15) is 13.2 Å². The van der Waals surface area contributed by atoms with Gasteiger partial charge in [-0.25, -0.2) is 0 Å². The Labute approximate surface area is 88.7 Å². The number of hydrogen-bond acceptors (Lipinski definition) is 2. The topological polar surface area (TPSA) is 27.0 Å². The lowest BCUT2D eigenvalue weighted by atomic mass is 10.2. The van der Waals surface area contributed by atoms with Gasteiger partial charge in [0.25, 0.3) is 0 Å². The maximum Gasteiger partial charge on any atom is 0.401 e. The standard InChI is InChI=1S/C10H17F3N2/c1-2-7-15(9-10(11,12)13)8-5-3-4-6-14/h2-5,7-9H2,1H3. The molecular formula is C10H17F3N2. The number of hydrogen-bond donors (Lipinski definition) is 0. The van der Waals surface area contributed by atoms with Gasteiger partial charge in [0.1, 0.15) is 0 Å². The van der Waals surface area contributed by atoms with Crippen molar-refractivity contribution in [2.45, 2.75) is 38.8 Å². The van der Waals surface area contributed by atoms with Crippen molar-refractivity contribution >= 4 is 0 Å². The number of rotatable bonds is 7. The minimum Gasteiger partial charge on any atom is -0.295 e. The van der Waals surface area contributed by atoms with Crippen molar-refractivity contribution in [2.24, 2.45) is 0 Å². The van der Waals surface area contributed by atoms with E-state index >= 15 is 0 Å². The number of halogens is 3. The van der Waals surface area contributed by atoms with Crippen LogP contribution in [0.15, 0.2) is 0 Å². The highest BCUT2D eigenvalue weighted by atomic mass is 19.4. The number of nitrogens with zero attached hydrogens (tertiary/aromatic N) is 2. The average molecular weight is 222 g/mol. The van der Waals surface area contributed by atoms with E-state index in [1.807, 2.05) is 13.0 Å². The van der Waals surface area contributed by atoms with Crippen molar-refractivity contribution < 1.29 is 13.2 Å². The van der Waals surface area contributed by atoms with Gasteiger partial charge in [-0.05, 0) is 32.4 Å². The SMILES string of the molecule is CCCN(CCCCC#N)CC(F)(F)F. The molecule has 15 heavy (non-hydrogen) atoms. The number of unbranched alkanes of at least 4 members (excludes halogenated alkanes) is 2. The van der Waals surface area contributed by atoms with E-state index in [1.165, 1.54) is 4.90 Å². The van der Waals surface area contributed by atoms with Crippen LogP contribution in [0.5, 0.6) is 0 Å². The maximum atomic E-state index is 12.1. The van der Waals surface area contributed by atoms with Gasteiger partial charge >= 0.3 is 6.18 Å². The van der Waals surface area contributed by atoms with Crippen LogP contribution in [0.4, 0.5) is 13.2 Å². The first-order valence-electron chi connectivity index (χ1n) is 5.15. The Balaban J connectivity index is 3.79. The van der Waals surface area contributed by atoms with Gasteiger partial charge in [-0.3, -0.25) is 4.90 Å². The van der Waals surface area contributed by atoms with Crippen LogP contribution in [-0.4, -0.2) is 30.7 Å². The largest absolute Gasteiger partial charge is 0.401 e. The van der Waals surface area contributed by atoms with Gasteiger partial charge in [-0.2, -0.15) is 18.4 Å². The fourth-order valence-corrected chi connectivity index (χ4v) is 1.38. The molecule has 0 saturated carbocycles. The molecule has 0 fully saturated rings. The second kappa shape index (κ2) is 7.52. The van der Waals surface area contributed by atoms with Crippen LogP contribution < -0.4 is 0 Å². The van der Waals surface area contributed by atoms with Crippen molar-refractivity contribution in [3.63, 3.8) is 0 Å². The molecule has 88 valence electrons. The lowest BCUT2D eigenvalue weighted by molar-refractivity contribution is -0.146. The Kier molecular flexibility index (Phi) is 7.14. The van der Waals surface area contributed by atoms with E-state index in [0.29, 0.717) is 38.8 Å². The van der Waals surface area contributed by atoms with Gasteiger partial charge in [-0.15, -0.1) is 0 Å². The Bertz CT molecular complexity index is 196. The predicted octanol–water partition coefficient (Wildman–Crippen LogP) is 2.95. The van der Waals surface area contributed by atoms with Gasteiger partial charge in [0, 0.05) is 6.42 Å². The second-order valence-corrected chi connectivity index (χ2v) is 3.51. The fourth-order valence-electron chi connectivity index (χ4n) is 1.38. The van der Waals surface area contributed by atoms with E-state index in [1.54, 1.807) is 0 Å². The predicted molar refractivity (Wildman–Crippen MR) is 52.3 cm³/mol. The fraction of sp³-hybridized carbons (Fsp3) is 0.900. The van der Waals surface area contributed by atoms with Crippen LogP contribution in [0, 0.1) is 11.3 Å². The zero-order chi connectivity index (χ0) is 11.7. The van der Waals surface area contributed by atoms with Crippen LogP contribution >= 0.6 is 0 Å². The van der Waals surface area contributed by atoms with Crippen LogP contribution in [0.25, 0.3) is 0 Å². The lowest BCUT2D eigenvalue weighted by Crippen LogP contribution is -2.35. The summed E-state index contributed by atoms with van der Waals surface area (Å²) < 4.78 is 36.3. The third-order valence-electron chi connectivity index (χ3n) is 1.96. The van der Waals surface area contributed by atoms with Crippen LogP contribution in [-0.2, 0) is 0 Å². The molecule has 0 heterocycles. The summed E-state index contributed by atoms with van der Waals surface area (Å²) in [5, 5.41) is 8.28. The van der Waals surface area contributed by atoms with Crippen molar-refractivity contribution in [1.82, 2.24) is 4.90 Å². The molecule has 5 heteroatoms. The molecule has 0 aromatic rings. The maximum absolute atomic E-state index is 12.1. The minimum absolute atomic E-state index is 0.423. The van der Waals surface area contributed by atoms with E-state index < -0.39 is 12.7 Å². The van der Waals surface area contributed by atoms with E-state index in [-0.39, 0.29) is 0 Å². The number of alkyl halides is 3. The monoisotopic (exact) mass is 222 g/mol. The first-order valence-corrected chi connectivity index (χ1v) is 5.15. The quantitative estimate of drug-likeness (QED) is 0.619. The third-order valence-corrected chi connectivity index (χ3v) is 1.96. The molecule has 0 aliphatic heterocycles. The molecule has 0 aromatic heterocycles. The summed E-state index contributed by atoms with van der Waals surface area (Å²) >= 11 is 0. The molecule has 0 radical (unpaired) electrons. The third kappa shape index (κ3) is 9.54. The molecule has 0 aromatic carbocycles. The molecule has 2 nitrogen and oxygen atoms in total. The molecule has 0 spiro atoms. The summed E-state index contributed by atoms with van der Waals surface area (Å²) in [4.78, 5) is 1.40. The van der Waals surface area contributed by atoms with Crippen molar-refractivity contribution in [1.29, 1.82) is 5.26 Å². The summed E-state index contributed by atoms with van der Waals surface area (Å²) in [7, 11) is 0. The molecule has 0 bridgehead atoms. The molecule has 0 amide bonds. The molecule has 0 aliphatic carbocycles. The van der Waals surface area contributed by atoms with E-state index in [2.05, 4.69) is 0 Å². The minimum atomic E-state index is -4.12. The van der Waals surface area contributed by atoms with Gasteiger partial charge in [0.2, 0.25) is 0 Å². The normalized spacial score (nSPS) is 11.7. The summed E-state index contributed by atoms with van der Waals surface area (Å²) in [6.45, 7) is 1.91. The highest BCUT2D eigenvalue weighted by Gasteiger charge is 2.29. The molecular weight excluding hydrogens is 205 g/mol. The lowest BCUT2D eigenvalue weighted by Gasteiger charge is -2.22. The van der Waals surface area contributed by atoms with Crippen molar-refractivity contribution in [2.75, 3.05) is 19.6 Å². The molecule has 0 unspecified atom stereocenters. The van der Waals surface area contributed by atoms with Crippen LogP contribution in [0.2, 0.25) is 0 Å². The Hall–Kier alpha value is -0.760. The van der Waals surface area contributed by atoms with Gasteiger partial charge < -0.3 is 0 Å². The molecule has 0 rings (SSSR count). The Morgan fingerprint density at radius 2 is 1.87 bits per heavy atom. The number of nitriles is 1. The zero-order valence-electron chi connectivity index (χ0n) is 8.98. The van der Waals surface area contributed by atoms with Gasteiger partial charge in [-0.1, -0.05) is 6.92 Å². The first-order chi connectivity index (χ1) is 6.99. The molecule has 0 aliphatic rings. The highest BCUT2D eigenvalue weighted by Crippen LogP contribution is 2.17. The summed E-state index contributed by atoms with van der Waals surface area (Å²) in [5.41, 5.74) is 0. The summed E-state index contributed by atoms with van der Waals surface area (Å²) in [6, 6.07) is 1.98. The van der Waals surface area contributed by atoms with Gasteiger partial charge in [0.05, 0.1) is 12.6 Å². The highest BCUT2D eigenvalue weighted by molar-refractivity contribution is 4.69. The van der Waals surface area contributed by atoms with Crippen LogP contribution in [0.1, 0.15) is 32.6 Å². The van der Waals surface area contributed by atoms with Crippen LogP contribution in [0.3, 0.4) is 0 Å². The van der Waals surface area contributed by atoms with Gasteiger partial charge in [0.15, 0.2) is 0 Å².